The van der Waals surface area contributed by atoms with Gasteiger partial charge in [-0.25, -0.2) is 0 Å². The maximum Gasteiger partial charge on any atom is 0.401 e. The molecule has 0 saturated heterocycles. The van der Waals surface area contributed by atoms with E-state index in [1.54, 1.807) is 0 Å². The zero-order chi connectivity index (χ0) is 14.5. The molecule has 0 bridgehead atoms. The van der Waals surface area contributed by atoms with E-state index in [9.17, 15) is 13.2 Å². The summed E-state index contributed by atoms with van der Waals surface area (Å²) in [6.45, 7) is 4.09. The number of alkyl halides is 3. The van der Waals surface area contributed by atoms with Crippen molar-refractivity contribution in [2.24, 2.45) is 0 Å². The summed E-state index contributed by atoms with van der Waals surface area (Å²) in [5.74, 6) is 0. The highest BCUT2D eigenvalue weighted by atomic mass is 19.4. The normalized spacial score (nSPS) is 13.8. The summed E-state index contributed by atoms with van der Waals surface area (Å²) in [5.41, 5.74) is 2.15. The van der Waals surface area contributed by atoms with Gasteiger partial charge >= 0.3 is 6.18 Å². The zero-order valence-electron chi connectivity index (χ0n) is 11.6. The van der Waals surface area contributed by atoms with Crippen molar-refractivity contribution >= 4 is 0 Å². The van der Waals surface area contributed by atoms with Crippen LogP contribution < -0.4 is 5.32 Å². The second-order valence-corrected chi connectivity index (χ2v) is 4.78. The Kier molecular flexibility index (Phi) is 5.82. The van der Waals surface area contributed by atoms with Crippen LogP contribution in [0.3, 0.4) is 0 Å². The molecule has 0 saturated carbocycles. The fourth-order valence-electron chi connectivity index (χ4n) is 2.18. The standard InChI is InChI=1S/C14H21F3N2/c1-4-18-13(9-19(3)10-14(15,16)17)12-8-6-5-7-11(12)2/h5-8,13,18H,4,9-10H2,1-3H3. The van der Waals surface area contributed by atoms with Gasteiger partial charge in [-0.1, -0.05) is 31.2 Å². The highest BCUT2D eigenvalue weighted by Gasteiger charge is 2.30. The molecular weight excluding hydrogens is 253 g/mol. The average molecular weight is 274 g/mol. The monoisotopic (exact) mass is 274 g/mol. The van der Waals surface area contributed by atoms with Crippen molar-refractivity contribution in [1.29, 1.82) is 0 Å². The largest absolute Gasteiger partial charge is 0.401 e. The molecule has 0 amide bonds. The summed E-state index contributed by atoms with van der Waals surface area (Å²) in [6, 6.07) is 7.70. The number of benzene rings is 1. The van der Waals surface area contributed by atoms with Crippen LogP contribution in [-0.2, 0) is 0 Å². The third-order valence-electron chi connectivity index (χ3n) is 2.96. The van der Waals surface area contributed by atoms with Gasteiger partial charge in [0.25, 0.3) is 0 Å². The van der Waals surface area contributed by atoms with Crippen molar-refractivity contribution in [3.8, 4) is 0 Å². The predicted octanol–water partition coefficient (Wildman–Crippen LogP) is 3.14. The lowest BCUT2D eigenvalue weighted by Gasteiger charge is -2.26. The second-order valence-electron chi connectivity index (χ2n) is 4.78. The van der Waals surface area contributed by atoms with Crippen molar-refractivity contribution in [3.63, 3.8) is 0 Å². The molecular formula is C14H21F3N2. The third-order valence-corrected chi connectivity index (χ3v) is 2.96. The van der Waals surface area contributed by atoms with Crippen LogP contribution in [0.4, 0.5) is 13.2 Å². The van der Waals surface area contributed by atoms with Crippen LogP contribution in [0.5, 0.6) is 0 Å². The van der Waals surface area contributed by atoms with Crippen LogP contribution in [0.15, 0.2) is 24.3 Å². The molecule has 1 rings (SSSR count). The summed E-state index contributed by atoms with van der Waals surface area (Å²) in [7, 11) is 1.50. The lowest BCUT2D eigenvalue weighted by Crippen LogP contribution is -2.38. The minimum atomic E-state index is -4.16. The Balaban J connectivity index is 2.76. The quantitative estimate of drug-likeness (QED) is 0.857. The molecule has 0 radical (unpaired) electrons. The predicted molar refractivity (Wildman–Crippen MR) is 71.1 cm³/mol. The van der Waals surface area contributed by atoms with E-state index in [-0.39, 0.29) is 6.04 Å². The van der Waals surface area contributed by atoms with Crippen molar-refractivity contribution in [1.82, 2.24) is 10.2 Å². The van der Waals surface area contributed by atoms with Gasteiger partial charge in [0.1, 0.15) is 0 Å². The molecule has 1 unspecified atom stereocenters. The summed E-state index contributed by atoms with van der Waals surface area (Å²) in [6.07, 6.45) is -4.16. The molecule has 0 aromatic heterocycles. The van der Waals surface area contributed by atoms with Gasteiger partial charge in [-0.15, -0.1) is 0 Å². The molecule has 1 N–H and O–H groups in total. The maximum absolute atomic E-state index is 12.4. The molecule has 2 nitrogen and oxygen atoms in total. The van der Waals surface area contributed by atoms with Gasteiger partial charge < -0.3 is 5.32 Å². The van der Waals surface area contributed by atoms with E-state index in [2.05, 4.69) is 5.32 Å². The van der Waals surface area contributed by atoms with Crippen molar-refractivity contribution in [3.05, 3.63) is 35.4 Å². The topological polar surface area (TPSA) is 15.3 Å². The molecule has 0 fully saturated rings. The van der Waals surface area contributed by atoms with E-state index in [1.807, 2.05) is 38.1 Å². The molecule has 0 spiro atoms. The fourth-order valence-corrected chi connectivity index (χ4v) is 2.18. The first-order chi connectivity index (χ1) is 8.83. The van der Waals surface area contributed by atoms with Gasteiger partial charge in [0.2, 0.25) is 0 Å². The summed E-state index contributed by atoms with van der Waals surface area (Å²) in [4.78, 5) is 1.31. The Morgan fingerprint density at radius 1 is 1.26 bits per heavy atom. The summed E-state index contributed by atoms with van der Waals surface area (Å²) >= 11 is 0. The Bertz CT molecular complexity index is 391. The van der Waals surface area contributed by atoms with Gasteiger partial charge in [-0.2, -0.15) is 13.2 Å². The first kappa shape index (κ1) is 16.0. The van der Waals surface area contributed by atoms with Gasteiger partial charge in [0.05, 0.1) is 6.54 Å². The van der Waals surface area contributed by atoms with E-state index < -0.39 is 12.7 Å². The third kappa shape index (κ3) is 5.61. The van der Waals surface area contributed by atoms with E-state index in [1.165, 1.54) is 11.9 Å². The van der Waals surface area contributed by atoms with Gasteiger partial charge in [0, 0.05) is 12.6 Å². The molecule has 0 heterocycles. The molecule has 0 aliphatic heterocycles. The average Bonchev–Trinajstić information content (AvgIpc) is 2.26. The number of hydrogen-bond acceptors (Lipinski definition) is 2. The highest BCUT2D eigenvalue weighted by Crippen LogP contribution is 2.21. The van der Waals surface area contributed by atoms with Crippen LogP contribution in [0.2, 0.25) is 0 Å². The minimum absolute atomic E-state index is 0.0847. The summed E-state index contributed by atoms with van der Waals surface area (Å²) < 4.78 is 37.1. The SMILES string of the molecule is CCNC(CN(C)CC(F)(F)F)c1ccccc1C. The number of nitrogens with zero attached hydrogens (tertiary/aromatic N) is 1. The number of halogens is 3. The smallest absolute Gasteiger partial charge is 0.309 e. The van der Waals surface area contributed by atoms with Crippen molar-refractivity contribution in [2.45, 2.75) is 26.1 Å². The number of likely N-dealkylation sites (N-methyl/N-ethyl adjacent to an activating group) is 2. The maximum atomic E-state index is 12.4. The molecule has 1 atom stereocenters. The van der Waals surface area contributed by atoms with Crippen molar-refractivity contribution < 1.29 is 13.2 Å². The fraction of sp³-hybridized carbons (Fsp3) is 0.571. The molecule has 0 aliphatic rings. The van der Waals surface area contributed by atoms with E-state index in [0.717, 1.165) is 17.7 Å². The lowest BCUT2D eigenvalue weighted by atomic mass is 10.0. The van der Waals surface area contributed by atoms with Crippen LogP contribution in [-0.4, -0.2) is 37.8 Å². The Labute approximate surface area is 112 Å². The molecule has 1 aromatic carbocycles. The van der Waals surface area contributed by atoms with Gasteiger partial charge in [-0.3, -0.25) is 4.90 Å². The van der Waals surface area contributed by atoms with Crippen LogP contribution in [0.25, 0.3) is 0 Å². The number of nitrogens with one attached hydrogen (secondary N) is 1. The summed E-state index contributed by atoms with van der Waals surface area (Å²) in [5, 5.41) is 3.25. The molecule has 5 heteroatoms. The van der Waals surface area contributed by atoms with Gasteiger partial charge in [0.15, 0.2) is 0 Å². The lowest BCUT2D eigenvalue weighted by molar-refractivity contribution is -0.143. The molecule has 108 valence electrons. The zero-order valence-corrected chi connectivity index (χ0v) is 11.6. The first-order valence-corrected chi connectivity index (χ1v) is 6.37. The molecule has 0 aliphatic carbocycles. The van der Waals surface area contributed by atoms with Crippen LogP contribution >= 0.6 is 0 Å². The Hall–Kier alpha value is -1.07. The van der Waals surface area contributed by atoms with E-state index >= 15 is 0 Å². The number of hydrogen-bond donors (Lipinski definition) is 1. The Morgan fingerprint density at radius 3 is 2.42 bits per heavy atom. The van der Waals surface area contributed by atoms with E-state index in [4.69, 9.17) is 0 Å². The van der Waals surface area contributed by atoms with Crippen molar-refractivity contribution in [2.75, 3.05) is 26.7 Å². The Morgan fingerprint density at radius 2 is 1.89 bits per heavy atom. The molecule has 1 aromatic rings. The number of rotatable bonds is 6. The van der Waals surface area contributed by atoms with Gasteiger partial charge in [-0.05, 0) is 31.6 Å². The van der Waals surface area contributed by atoms with Crippen LogP contribution in [0.1, 0.15) is 24.1 Å². The number of aryl methyl sites for hydroxylation is 1. The molecule has 19 heavy (non-hydrogen) atoms. The van der Waals surface area contributed by atoms with Crippen LogP contribution in [0, 0.1) is 6.92 Å². The minimum Gasteiger partial charge on any atom is -0.309 e. The second kappa shape index (κ2) is 6.91. The van der Waals surface area contributed by atoms with E-state index in [0.29, 0.717) is 6.54 Å². The highest BCUT2D eigenvalue weighted by molar-refractivity contribution is 5.29. The first-order valence-electron chi connectivity index (χ1n) is 6.37.